The summed E-state index contributed by atoms with van der Waals surface area (Å²) in [4.78, 5) is 8.44. The Labute approximate surface area is 113 Å². The van der Waals surface area contributed by atoms with E-state index in [0.29, 0.717) is 12.1 Å². The normalized spacial score (nSPS) is 21.4. The second kappa shape index (κ2) is 5.57. The van der Waals surface area contributed by atoms with Gasteiger partial charge in [-0.3, -0.25) is 0 Å². The van der Waals surface area contributed by atoms with Gasteiger partial charge in [0.05, 0.1) is 18.3 Å². The molecule has 3 heterocycles. The molecule has 0 aliphatic carbocycles. The Morgan fingerprint density at radius 3 is 3.05 bits per heavy atom. The van der Waals surface area contributed by atoms with E-state index in [4.69, 9.17) is 0 Å². The Balaban J connectivity index is 1.75. The molecule has 1 aliphatic heterocycles. The first-order valence-corrected chi connectivity index (χ1v) is 7.05. The summed E-state index contributed by atoms with van der Waals surface area (Å²) in [6, 6.07) is 0.844. The van der Waals surface area contributed by atoms with E-state index in [1.54, 1.807) is 0 Å². The highest BCUT2D eigenvalue weighted by atomic mass is 15.1. The fourth-order valence-electron chi connectivity index (χ4n) is 2.85. The van der Waals surface area contributed by atoms with E-state index in [9.17, 15) is 0 Å². The van der Waals surface area contributed by atoms with Gasteiger partial charge in [0.25, 0.3) is 0 Å². The standard InChI is InChI=1S/C14H21N5/c1-12(9-18-7-6-15-10-18)19-11-16-8-14(19)13-4-2-3-5-17-13/h6-8,10-13,17H,2-5,9H2,1H3. The highest BCUT2D eigenvalue weighted by molar-refractivity contribution is 5.07. The molecule has 2 aromatic heterocycles. The number of nitrogens with one attached hydrogen (secondary N) is 1. The molecule has 2 aromatic rings. The molecular weight excluding hydrogens is 238 g/mol. The summed E-state index contributed by atoms with van der Waals surface area (Å²) in [5.74, 6) is 0. The van der Waals surface area contributed by atoms with E-state index in [0.717, 1.165) is 13.1 Å². The molecule has 0 saturated carbocycles. The lowest BCUT2D eigenvalue weighted by atomic mass is 10.0. The Bertz CT molecular complexity index is 496. The minimum absolute atomic E-state index is 0.385. The maximum atomic E-state index is 4.35. The van der Waals surface area contributed by atoms with Crippen molar-refractivity contribution in [2.75, 3.05) is 6.54 Å². The average molecular weight is 259 g/mol. The lowest BCUT2D eigenvalue weighted by Crippen LogP contribution is -2.29. The molecule has 1 fully saturated rings. The van der Waals surface area contributed by atoms with Crippen molar-refractivity contribution in [2.24, 2.45) is 0 Å². The van der Waals surface area contributed by atoms with Gasteiger partial charge in [0.1, 0.15) is 0 Å². The lowest BCUT2D eigenvalue weighted by molar-refractivity contribution is 0.371. The van der Waals surface area contributed by atoms with Crippen molar-refractivity contribution >= 4 is 0 Å². The lowest BCUT2D eigenvalue weighted by Gasteiger charge is -2.26. The molecule has 2 unspecified atom stereocenters. The molecule has 19 heavy (non-hydrogen) atoms. The zero-order valence-corrected chi connectivity index (χ0v) is 11.4. The summed E-state index contributed by atoms with van der Waals surface area (Å²) in [5, 5.41) is 3.60. The quantitative estimate of drug-likeness (QED) is 0.915. The van der Waals surface area contributed by atoms with Crippen LogP contribution in [0.5, 0.6) is 0 Å². The van der Waals surface area contributed by atoms with Crippen molar-refractivity contribution < 1.29 is 0 Å². The predicted molar refractivity (Wildman–Crippen MR) is 73.8 cm³/mol. The van der Waals surface area contributed by atoms with Gasteiger partial charge in [-0.25, -0.2) is 9.97 Å². The zero-order valence-electron chi connectivity index (χ0n) is 11.4. The van der Waals surface area contributed by atoms with Crippen LogP contribution < -0.4 is 5.32 Å². The SMILES string of the molecule is CC(Cn1ccnc1)n1cncc1C1CCCCN1. The molecular formula is C14H21N5. The minimum atomic E-state index is 0.385. The van der Waals surface area contributed by atoms with Crippen molar-refractivity contribution in [1.82, 2.24) is 24.4 Å². The number of aromatic nitrogens is 4. The van der Waals surface area contributed by atoms with Crippen molar-refractivity contribution in [3.63, 3.8) is 0 Å². The third-order valence-electron chi connectivity index (χ3n) is 3.87. The van der Waals surface area contributed by atoms with Crippen LogP contribution in [0.3, 0.4) is 0 Å². The molecule has 0 bridgehead atoms. The number of piperidine rings is 1. The predicted octanol–water partition coefficient (Wildman–Crippen LogP) is 2.16. The van der Waals surface area contributed by atoms with Crippen LogP contribution in [-0.2, 0) is 6.54 Å². The summed E-state index contributed by atoms with van der Waals surface area (Å²) in [6.45, 7) is 4.27. The summed E-state index contributed by atoms with van der Waals surface area (Å²) in [7, 11) is 0. The maximum Gasteiger partial charge on any atom is 0.0951 e. The van der Waals surface area contributed by atoms with Gasteiger partial charge in [-0.05, 0) is 26.3 Å². The molecule has 2 atom stereocenters. The summed E-state index contributed by atoms with van der Waals surface area (Å²) in [6.07, 6.45) is 13.5. The van der Waals surface area contributed by atoms with E-state index < -0.39 is 0 Å². The number of nitrogens with zero attached hydrogens (tertiary/aromatic N) is 4. The van der Waals surface area contributed by atoms with Gasteiger partial charge in [-0.2, -0.15) is 0 Å². The van der Waals surface area contributed by atoms with Gasteiger partial charge < -0.3 is 14.5 Å². The average Bonchev–Trinajstić information content (AvgIpc) is 3.10. The molecule has 5 nitrogen and oxygen atoms in total. The van der Waals surface area contributed by atoms with Gasteiger partial charge in [0.15, 0.2) is 0 Å². The van der Waals surface area contributed by atoms with Gasteiger partial charge >= 0.3 is 0 Å². The summed E-state index contributed by atoms with van der Waals surface area (Å²) in [5.41, 5.74) is 1.31. The van der Waals surface area contributed by atoms with E-state index in [1.165, 1.54) is 25.0 Å². The third-order valence-corrected chi connectivity index (χ3v) is 3.87. The Kier molecular flexibility index (Phi) is 3.64. The van der Waals surface area contributed by atoms with Crippen molar-refractivity contribution in [3.8, 4) is 0 Å². The zero-order chi connectivity index (χ0) is 13.1. The first-order valence-electron chi connectivity index (χ1n) is 7.05. The smallest absolute Gasteiger partial charge is 0.0951 e. The van der Waals surface area contributed by atoms with Gasteiger partial charge in [0, 0.05) is 37.2 Å². The maximum absolute atomic E-state index is 4.35. The van der Waals surface area contributed by atoms with Gasteiger partial charge in [0.2, 0.25) is 0 Å². The fourth-order valence-corrected chi connectivity index (χ4v) is 2.85. The van der Waals surface area contributed by atoms with Crippen LogP contribution >= 0.6 is 0 Å². The van der Waals surface area contributed by atoms with Crippen LogP contribution in [0.1, 0.15) is 44.0 Å². The Hall–Kier alpha value is -1.62. The first-order chi connectivity index (χ1) is 9.34. The van der Waals surface area contributed by atoms with Crippen LogP contribution in [0.2, 0.25) is 0 Å². The molecule has 5 heteroatoms. The molecule has 3 rings (SSSR count). The minimum Gasteiger partial charge on any atom is -0.335 e. The van der Waals surface area contributed by atoms with Crippen LogP contribution in [0.25, 0.3) is 0 Å². The third kappa shape index (κ3) is 2.71. The second-order valence-corrected chi connectivity index (χ2v) is 5.34. The van der Waals surface area contributed by atoms with Crippen molar-refractivity contribution in [3.05, 3.63) is 36.9 Å². The number of hydrogen-bond acceptors (Lipinski definition) is 3. The Morgan fingerprint density at radius 1 is 1.37 bits per heavy atom. The van der Waals surface area contributed by atoms with E-state index in [1.807, 2.05) is 31.2 Å². The van der Waals surface area contributed by atoms with Crippen LogP contribution in [-0.4, -0.2) is 25.6 Å². The molecule has 0 amide bonds. The number of rotatable bonds is 4. The molecule has 0 radical (unpaired) electrons. The highest BCUT2D eigenvalue weighted by Gasteiger charge is 2.20. The molecule has 0 aromatic carbocycles. The highest BCUT2D eigenvalue weighted by Crippen LogP contribution is 2.25. The van der Waals surface area contributed by atoms with Gasteiger partial charge in [-0.1, -0.05) is 6.42 Å². The number of imidazole rings is 2. The molecule has 1 N–H and O–H groups in total. The first kappa shape index (κ1) is 12.4. The summed E-state index contributed by atoms with van der Waals surface area (Å²) < 4.78 is 4.41. The van der Waals surface area contributed by atoms with E-state index in [-0.39, 0.29) is 0 Å². The van der Waals surface area contributed by atoms with E-state index in [2.05, 4.69) is 31.3 Å². The molecule has 0 spiro atoms. The Morgan fingerprint density at radius 2 is 2.32 bits per heavy atom. The molecule has 1 saturated heterocycles. The van der Waals surface area contributed by atoms with Crippen LogP contribution in [0, 0.1) is 0 Å². The fraction of sp³-hybridized carbons (Fsp3) is 0.571. The van der Waals surface area contributed by atoms with Crippen LogP contribution in [0.15, 0.2) is 31.2 Å². The van der Waals surface area contributed by atoms with Crippen LogP contribution in [0.4, 0.5) is 0 Å². The van der Waals surface area contributed by atoms with Crippen molar-refractivity contribution in [1.29, 1.82) is 0 Å². The topological polar surface area (TPSA) is 47.7 Å². The molecule has 1 aliphatic rings. The monoisotopic (exact) mass is 259 g/mol. The summed E-state index contributed by atoms with van der Waals surface area (Å²) >= 11 is 0. The largest absolute Gasteiger partial charge is 0.335 e. The van der Waals surface area contributed by atoms with E-state index >= 15 is 0 Å². The van der Waals surface area contributed by atoms with Crippen molar-refractivity contribution in [2.45, 2.75) is 44.8 Å². The number of hydrogen-bond donors (Lipinski definition) is 1. The van der Waals surface area contributed by atoms with Gasteiger partial charge in [-0.15, -0.1) is 0 Å². The second-order valence-electron chi connectivity index (χ2n) is 5.34. The molecule has 102 valence electrons.